The van der Waals surface area contributed by atoms with Crippen LogP contribution in [0.25, 0.3) is 0 Å². The number of amides is 2. The summed E-state index contributed by atoms with van der Waals surface area (Å²) in [6, 6.07) is 12.9. The van der Waals surface area contributed by atoms with Gasteiger partial charge in [-0.25, -0.2) is 4.79 Å². The van der Waals surface area contributed by atoms with Gasteiger partial charge >= 0.3 is 12.2 Å². The molecule has 152 valence electrons. The maximum atomic E-state index is 12.6. The van der Waals surface area contributed by atoms with Crippen LogP contribution in [0.2, 0.25) is 0 Å². The molecule has 0 saturated heterocycles. The Morgan fingerprint density at radius 2 is 1.62 bits per heavy atom. The third kappa shape index (κ3) is 5.88. The Labute approximate surface area is 166 Å². The van der Waals surface area contributed by atoms with Crippen LogP contribution in [0.4, 0.5) is 23.7 Å². The first-order valence-electron chi connectivity index (χ1n) is 9.25. The van der Waals surface area contributed by atoms with Crippen molar-refractivity contribution in [2.24, 2.45) is 0 Å². The van der Waals surface area contributed by atoms with Crippen molar-refractivity contribution >= 4 is 11.7 Å². The quantitative estimate of drug-likeness (QED) is 0.747. The lowest BCUT2D eigenvalue weighted by molar-refractivity contribution is -0.137. The first kappa shape index (κ1) is 20.5. The zero-order valence-electron chi connectivity index (χ0n) is 15.5. The van der Waals surface area contributed by atoms with Gasteiger partial charge < -0.3 is 15.4 Å². The zero-order valence-corrected chi connectivity index (χ0v) is 15.5. The van der Waals surface area contributed by atoms with Gasteiger partial charge in [-0.3, -0.25) is 0 Å². The summed E-state index contributed by atoms with van der Waals surface area (Å²) in [5.41, 5.74) is 0.411. The number of halogens is 3. The molecule has 2 amide bonds. The number of anilines is 1. The molecule has 0 radical (unpaired) electrons. The van der Waals surface area contributed by atoms with Crippen molar-refractivity contribution in [3.63, 3.8) is 0 Å². The van der Waals surface area contributed by atoms with Crippen LogP contribution in [0.3, 0.4) is 0 Å². The van der Waals surface area contributed by atoms with Gasteiger partial charge in [0.2, 0.25) is 0 Å². The van der Waals surface area contributed by atoms with Gasteiger partial charge in [0, 0.05) is 11.7 Å². The van der Waals surface area contributed by atoms with Crippen molar-refractivity contribution in [3.05, 3.63) is 59.7 Å². The summed E-state index contributed by atoms with van der Waals surface area (Å²) >= 11 is 0. The number of ether oxygens (including phenoxy) is 1. The van der Waals surface area contributed by atoms with Crippen molar-refractivity contribution in [1.82, 2.24) is 5.32 Å². The maximum absolute atomic E-state index is 12.6. The molecule has 2 aromatic carbocycles. The number of urea groups is 1. The van der Waals surface area contributed by atoms with E-state index in [2.05, 4.69) is 10.6 Å². The van der Waals surface area contributed by atoms with Crippen molar-refractivity contribution in [2.75, 3.05) is 5.32 Å². The predicted molar refractivity (Wildman–Crippen MR) is 101 cm³/mol. The molecular formula is C21H20F3N3O2. The number of nitrogens with zero attached hydrogens (tertiary/aromatic N) is 1. The molecule has 1 fully saturated rings. The number of benzene rings is 2. The van der Waals surface area contributed by atoms with Crippen LogP contribution in [-0.4, -0.2) is 18.2 Å². The van der Waals surface area contributed by atoms with E-state index in [1.54, 1.807) is 24.3 Å². The van der Waals surface area contributed by atoms with Crippen molar-refractivity contribution in [1.29, 1.82) is 5.26 Å². The Bertz CT molecular complexity index is 866. The lowest BCUT2D eigenvalue weighted by atomic mass is 9.93. The standard InChI is InChI=1S/C21H20F3N3O2/c22-21(23,24)15-3-9-18(10-4-15)29-19-11-7-17(8-12-19)27-20(28)26-16-5-1-14(13-25)2-6-16/h1-6,9-10,17,19H,7-8,11-12H2,(H2,26,27,28)/t17-,19-. The summed E-state index contributed by atoms with van der Waals surface area (Å²) in [6.07, 6.45) is -1.63. The van der Waals surface area contributed by atoms with Gasteiger partial charge in [0.1, 0.15) is 5.75 Å². The minimum atomic E-state index is -4.36. The largest absolute Gasteiger partial charge is 0.490 e. The molecule has 1 aliphatic carbocycles. The van der Waals surface area contributed by atoms with Crippen molar-refractivity contribution in [3.8, 4) is 11.8 Å². The number of carbonyl (C=O) groups excluding carboxylic acids is 1. The molecular weight excluding hydrogens is 383 g/mol. The van der Waals surface area contributed by atoms with E-state index < -0.39 is 11.7 Å². The van der Waals surface area contributed by atoms with E-state index in [1.165, 1.54) is 12.1 Å². The normalized spacial score (nSPS) is 19.1. The summed E-state index contributed by atoms with van der Waals surface area (Å²) in [5.74, 6) is 0.410. The molecule has 0 atom stereocenters. The maximum Gasteiger partial charge on any atom is 0.416 e. The SMILES string of the molecule is N#Cc1ccc(NC(=O)N[C@H]2CC[C@H](Oc3ccc(C(F)(F)F)cc3)CC2)cc1. The molecule has 0 heterocycles. The fourth-order valence-electron chi connectivity index (χ4n) is 3.22. The van der Waals surface area contributed by atoms with E-state index in [9.17, 15) is 18.0 Å². The van der Waals surface area contributed by atoms with E-state index >= 15 is 0 Å². The van der Waals surface area contributed by atoms with Crippen LogP contribution in [-0.2, 0) is 6.18 Å². The predicted octanol–water partition coefficient (Wildman–Crippen LogP) is 5.09. The molecule has 29 heavy (non-hydrogen) atoms. The summed E-state index contributed by atoms with van der Waals surface area (Å²) < 4.78 is 43.6. The van der Waals surface area contributed by atoms with Crippen LogP contribution in [0, 0.1) is 11.3 Å². The van der Waals surface area contributed by atoms with Crippen LogP contribution in [0.15, 0.2) is 48.5 Å². The van der Waals surface area contributed by atoms with Gasteiger partial charge in [-0.1, -0.05) is 0 Å². The van der Waals surface area contributed by atoms with Gasteiger partial charge in [0.05, 0.1) is 23.3 Å². The second kappa shape index (κ2) is 8.86. The van der Waals surface area contributed by atoms with E-state index in [-0.39, 0.29) is 18.2 Å². The second-order valence-electron chi connectivity index (χ2n) is 6.90. The Balaban J connectivity index is 1.43. The fourth-order valence-corrected chi connectivity index (χ4v) is 3.22. The summed E-state index contributed by atoms with van der Waals surface area (Å²) in [6.45, 7) is 0. The summed E-state index contributed by atoms with van der Waals surface area (Å²) in [5, 5.41) is 14.4. The molecule has 2 N–H and O–H groups in total. The first-order chi connectivity index (χ1) is 13.8. The van der Waals surface area contributed by atoms with Crippen molar-refractivity contribution < 1.29 is 22.7 Å². The minimum Gasteiger partial charge on any atom is -0.490 e. The third-order valence-electron chi connectivity index (χ3n) is 4.77. The van der Waals surface area contributed by atoms with E-state index in [1.807, 2.05) is 6.07 Å². The number of hydrogen-bond donors (Lipinski definition) is 2. The van der Waals surface area contributed by atoms with Gasteiger partial charge in [0.15, 0.2) is 0 Å². The Hall–Kier alpha value is -3.21. The molecule has 0 aliphatic heterocycles. The highest BCUT2D eigenvalue weighted by Gasteiger charge is 2.30. The van der Waals surface area contributed by atoms with E-state index in [0.717, 1.165) is 12.1 Å². The number of carbonyl (C=O) groups is 1. The highest BCUT2D eigenvalue weighted by atomic mass is 19.4. The smallest absolute Gasteiger partial charge is 0.416 e. The average Bonchev–Trinajstić information content (AvgIpc) is 2.70. The molecule has 1 aliphatic rings. The highest BCUT2D eigenvalue weighted by Crippen LogP contribution is 2.31. The van der Waals surface area contributed by atoms with Crippen molar-refractivity contribution in [2.45, 2.75) is 44.0 Å². The highest BCUT2D eigenvalue weighted by molar-refractivity contribution is 5.89. The fraction of sp³-hybridized carbons (Fsp3) is 0.333. The number of nitriles is 1. The second-order valence-corrected chi connectivity index (χ2v) is 6.90. The van der Waals surface area contributed by atoms with Crippen LogP contribution >= 0.6 is 0 Å². The first-order valence-corrected chi connectivity index (χ1v) is 9.25. The van der Waals surface area contributed by atoms with E-state index in [4.69, 9.17) is 10.00 Å². The Kier molecular flexibility index (Phi) is 6.27. The molecule has 0 bridgehead atoms. The van der Waals surface area contributed by atoms with Gasteiger partial charge in [0.25, 0.3) is 0 Å². The lowest BCUT2D eigenvalue weighted by Gasteiger charge is -2.29. The summed E-state index contributed by atoms with van der Waals surface area (Å²) in [7, 11) is 0. The molecule has 0 spiro atoms. The average molecular weight is 403 g/mol. The monoisotopic (exact) mass is 403 g/mol. The third-order valence-corrected chi connectivity index (χ3v) is 4.77. The molecule has 3 rings (SSSR count). The number of nitrogens with one attached hydrogen (secondary N) is 2. The van der Waals surface area contributed by atoms with Gasteiger partial charge in [-0.15, -0.1) is 0 Å². The van der Waals surface area contributed by atoms with Crippen LogP contribution < -0.4 is 15.4 Å². The number of rotatable bonds is 4. The van der Waals surface area contributed by atoms with Crippen LogP contribution in [0.5, 0.6) is 5.75 Å². The number of hydrogen-bond acceptors (Lipinski definition) is 3. The topological polar surface area (TPSA) is 74.2 Å². The molecule has 8 heteroatoms. The molecule has 0 unspecified atom stereocenters. The van der Waals surface area contributed by atoms with Gasteiger partial charge in [-0.2, -0.15) is 18.4 Å². The Morgan fingerprint density at radius 3 is 2.17 bits per heavy atom. The minimum absolute atomic E-state index is 0.000775. The Morgan fingerprint density at radius 1 is 1.00 bits per heavy atom. The van der Waals surface area contributed by atoms with Gasteiger partial charge in [-0.05, 0) is 74.2 Å². The number of alkyl halides is 3. The molecule has 5 nitrogen and oxygen atoms in total. The lowest BCUT2D eigenvalue weighted by Crippen LogP contribution is -2.41. The van der Waals surface area contributed by atoms with E-state index in [0.29, 0.717) is 42.7 Å². The van der Waals surface area contributed by atoms with Crippen LogP contribution in [0.1, 0.15) is 36.8 Å². The summed E-state index contributed by atoms with van der Waals surface area (Å²) in [4.78, 5) is 12.1. The molecule has 0 aromatic heterocycles. The molecule has 1 saturated carbocycles. The zero-order chi connectivity index (χ0) is 20.9. The molecule has 2 aromatic rings.